The highest BCUT2D eigenvalue weighted by atomic mass is 32.1. The number of rotatable bonds is 5. The van der Waals surface area contributed by atoms with E-state index in [-0.39, 0.29) is 5.91 Å². The number of aryl methyl sites for hydroxylation is 1. The van der Waals surface area contributed by atoms with Crippen molar-refractivity contribution >= 4 is 38.8 Å². The van der Waals surface area contributed by atoms with Gasteiger partial charge in [0.15, 0.2) is 5.78 Å². The molecule has 40 heavy (non-hydrogen) atoms. The Hall–Kier alpha value is -4.70. The largest absolute Gasteiger partial charge is 0.457 e. The normalized spacial score (nSPS) is 19.6. The highest BCUT2D eigenvalue weighted by Crippen LogP contribution is 2.50. The molecule has 1 aromatic heterocycles. The highest BCUT2D eigenvalue weighted by molar-refractivity contribution is 7.21. The molecule has 2 heterocycles. The number of amides is 1. The number of para-hydroxylation sites is 1. The molecule has 200 valence electrons. The van der Waals surface area contributed by atoms with Crippen molar-refractivity contribution in [3.05, 3.63) is 124 Å². The smallest absolute Gasteiger partial charge is 0.266 e. The number of allylic oxidation sites excluding steroid dienone is 3. The number of hydrogen-bond donors (Lipinski definition) is 5. The molecule has 0 saturated carbocycles. The molecule has 1 aliphatic heterocycles. The summed E-state index contributed by atoms with van der Waals surface area (Å²) in [5, 5.41) is 6.50. The first-order valence-corrected chi connectivity index (χ1v) is 13.5. The molecule has 0 bridgehead atoms. The number of Topliss-reactive ketones (excluding diaryl/α,β-unsaturated/α-hetero) is 1. The van der Waals surface area contributed by atoms with Crippen molar-refractivity contribution in [2.45, 2.75) is 18.5 Å². The lowest BCUT2D eigenvalue weighted by Crippen LogP contribution is -2.53. The summed E-state index contributed by atoms with van der Waals surface area (Å²) in [7, 11) is 0. The highest BCUT2D eigenvalue weighted by Gasteiger charge is 2.49. The number of ether oxygens (including phenoxy) is 1. The van der Waals surface area contributed by atoms with E-state index >= 15 is 0 Å². The number of anilines is 1. The van der Waals surface area contributed by atoms with Crippen LogP contribution in [0, 0.1) is 6.92 Å². The minimum absolute atomic E-state index is 0.330. The maximum Gasteiger partial charge on any atom is 0.266 e. The maximum atomic E-state index is 14.1. The van der Waals surface area contributed by atoms with Gasteiger partial charge in [0.05, 0.1) is 15.6 Å². The average Bonchev–Trinajstić information content (AvgIpc) is 3.18. The number of nitrogen functional groups attached to an aromatic ring is 1. The number of nitrogens with two attached hydrogens (primary N) is 3. The number of benzene rings is 3. The Morgan fingerprint density at radius 1 is 1.05 bits per heavy atom. The van der Waals surface area contributed by atoms with E-state index in [2.05, 4.69) is 10.6 Å². The van der Waals surface area contributed by atoms with E-state index in [1.54, 1.807) is 54.9 Å². The second-order valence-electron chi connectivity index (χ2n) is 9.73. The SMILES string of the molecule is Cc1cc(Oc2ccccc2)ccc1C1(N)C(=O)C(N)c2c(C(=O)NC3=CC=CNC=C3)sc3c(N)ccc1c23. The number of thiophene rings is 1. The van der Waals surface area contributed by atoms with Gasteiger partial charge in [0.2, 0.25) is 0 Å². The van der Waals surface area contributed by atoms with Crippen molar-refractivity contribution in [2.24, 2.45) is 11.5 Å². The van der Waals surface area contributed by atoms with E-state index in [1.165, 1.54) is 11.3 Å². The summed E-state index contributed by atoms with van der Waals surface area (Å²) in [4.78, 5) is 27.9. The molecule has 4 aromatic rings. The summed E-state index contributed by atoms with van der Waals surface area (Å²) in [5.41, 5.74) is 21.9. The number of ketones is 1. The molecule has 0 radical (unpaired) electrons. The van der Waals surface area contributed by atoms with Gasteiger partial charge in [0.25, 0.3) is 5.91 Å². The molecule has 2 atom stereocenters. The molecule has 9 heteroatoms. The Labute approximate surface area is 234 Å². The van der Waals surface area contributed by atoms with E-state index < -0.39 is 17.4 Å². The Balaban J connectivity index is 1.46. The molecule has 1 amide bonds. The topological polar surface area (TPSA) is 145 Å². The Morgan fingerprint density at radius 3 is 2.60 bits per heavy atom. The fraction of sp³-hybridized carbons (Fsp3) is 0.0968. The Kier molecular flexibility index (Phi) is 6.26. The van der Waals surface area contributed by atoms with Gasteiger partial charge < -0.3 is 32.6 Å². The van der Waals surface area contributed by atoms with Crippen LogP contribution < -0.4 is 32.6 Å². The zero-order chi connectivity index (χ0) is 28.0. The van der Waals surface area contributed by atoms with Gasteiger partial charge in [0, 0.05) is 34.7 Å². The van der Waals surface area contributed by atoms with Crippen LogP contribution in [0.3, 0.4) is 0 Å². The van der Waals surface area contributed by atoms with Crippen molar-refractivity contribution in [2.75, 3.05) is 5.73 Å². The zero-order valence-electron chi connectivity index (χ0n) is 21.6. The number of carbonyl (C=O) groups is 2. The van der Waals surface area contributed by atoms with E-state index in [0.717, 1.165) is 5.56 Å². The van der Waals surface area contributed by atoms with Crippen LogP contribution in [0.15, 0.2) is 97.0 Å². The monoisotopic (exact) mass is 549 g/mol. The van der Waals surface area contributed by atoms with Crippen LogP contribution >= 0.6 is 11.3 Å². The fourth-order valence-electron chi connectivity index (χ4n) is 5.32. The van der Waals surface area contributed by atoms with Gasteiger partial charge in [-0.15, -0.1) is 11.3 Å². The molecule has 0 spiro atoms. The molecule has 0 fully saturated rings. The molecule has 2 unspecified atom stereocenters. The molecule has 8 nitrogen and oxygen atoms in total. The van der Waals surface area contributed by atoms with Crippen LogP contribution in [-0.2, 0) is 10.3 Å². The molecule has 0 saturated heterocycles. The van der Waals surface area contributed by atoms with Gasteiger partial charge in [-0.3, -0.25) is 9.59 Å². The van der Waals surface area contributed by atoms with E-state index in [1.807, 2.05) is 43.3 Å². The van der Waals surface area contributed by atoms with Crippen molar-refractivity contribution in [1.82, 2.24) is 10.6 Å². The first kappa shape index (κ1) is 25.6. The van der Waals surface area contributed by atoms with Crippen LogP contribution in [0.25, 0.3) is 10.1 Å². The van der Waals surface area contributed by atoms with Crippen LogP contribution in [-0.4, -0.2) is 11.7 Å². The summed E-state index contributed by atoms with van der Waals surface area (Å²) in [6, 6.07) is 17.2. The summed E-state index contributed by atoms with van der Waals surface area (Å²) in [5.74, 6) is 0.538. The van der Waals surface area contributed by atoms with Crippen molar-refractivity contribution in [3.63, 3.8) is 0 Å². The third-order valence-electron chi connectivity index (χ3n) is 7.21. The first-order chi connectivity index (χ1) is 19.3. The molecule has 8 N–H and O–H groups in total. The average molecular weight is 550 g/mol. The number of nitrogens with one attached hydrogen (secondary N) is 2. The summed E-state index contributed by atoms with van der Waals surface area (Å²) < 4.78 is 6.66. The van der Waals surface area contributed by atoms with E-state index in [4.69, 9.17) is 21.9 Å². The molecule has 1 aliphatic carbocycles. The van der Waals surface area contributed by atoms with Gasteiger partial charge in [-0.05, 0) is 72.2 Å². The number of hydrogen-bond acceptors (Lipinski definition) is 8. The second-order valence-corrected chi connectivity index (χ2v) is 10.7. The summed E-state index contributed by atoms with van der Waals surface area (Å²) in [6.07, 6.45) is 8.72. The van der Waals surface area contributed by atoms with Gasteiger partial charge in [-0.1, -0.05) is 30.3 Å². The summed E-state index contributed by atoms with van der Waals surface area (Å²) >= 11 is 1.21. The van der Waals surface area contributed by atoms with Crippen LogP contribution in [0.4, 0.5) is 5.69 Å². The Morgan fingerprint density at radius 2 is 1.82 bits per heavy atom. The predicted octanol–water partition coefficient (Wildman–Crippen LogP) is 4.61. The molecule has 2 aliphatic rings. The lowest BCUT2D eigenvalue weighted by Gasteiger charge is -2.37. The van der Waals surface area contributed by atoms with E-state index in [0.29, 0.717) is 54.5 Å². The number of carbonyl (C=O) groups excluding carboxylic acids is 2. The zero-order valence-corrected chi connectivity index (χ0v) is 22.4. The maximum absolute atomic E-state index is 14.1. The standard InChI is InChI=1S/C31H27N5O3S/c1-17-16-20(39-19-7-3-2-4-8-19)9-10-21(17)31(34)22-11-12-23(32)27-24(22)25(26(33)29(31)37)28(40-27)30(38)36-18-6-5-14-35-15-13-18/h2-16,26,35H,32-34H2,1H3,(H,36,38). The van der Waals surface area contributed by atoms with Crippen molar-refractivity contribution < 1.29 is 14.3 Å². The Bertz CT molecular complexity index is 1770. The minimum atomic E-state index is -1.55. The van der Waals surface area contributed by atoms with E-state index in [9.17, 15) is 9.59 Å². The third-order valence-corrected chi connectivity index (χ3v) is 8.46. The van der Waals surface area contributed by atoms with Gasteiger partial charge >= 0.3 is 0 Å². The van der Waals surface area contributed by atoms with Gasteiger partial charge in [-0.2, -0.15) is 0 Å². The second kappa shape index (κ2) is 9.80. The third kappa shape index (κ3) is 4.08. The molecule has 3 aromatic carbocycles. The van der Waals surface area contributed by atoms with Crippen LogP contribution in [0.2, 0.25) is 0 Å². The van der Waals surface area contributed by atoms with Gasteiger partial charge in [-0.25, -0.2) is 0 Å². The quantitative estimate of drug-likeness (QED) is 0.229. The van der Waals surface area contributed by atoms with Crippen LogP contribution in [0.1, 0.15) is 38.0 Å². The first-order valence-electron chi connectivity index (χ1n) is 12.7. The molecule has 6 rings (SSSR count). The molecular weight excluding hydrogens is 522 g/mol. The fourth-order valence-corrected chi connectivity index (χ4v) is 6.52. The predicted molar refractivity (Wildman–Crippen MR) is 158 cm³/mol. The van der Waals surface area contributed by atoms with Crippen molar-refractivity contribution in [3.8, 4) is 11.5 Å². The van der Waals surface area contributed by atoms with Crippen LogP contribution in [0.5, 0.6) is 11.5 Å². The lowest BCUT2D eigenvalue weighted by molar-refractivity contribution is -0.124. The minimum Gasteiger partial charge on any atom is -0.457 e. The van der Waals surface area contributed by atoms with Crippen molar-refractivity contribution in [1.29, 1.82) is 0 Å². The van der Waals surface area contributed by atoms with Gasteiger partial charge in [0.1, 0.15) is 17.0 Å². The molecular formula is C31H27N5O3S. The summed E-state index contributed by atoms with van der Waals surface area (Å²) in [6.45, 7) is 1.88. The lowest BCUT2D eigenvalue weighted by atomic mass is 9.69.